The first-order valence-corrected chi connectivity index (χ1v) is 8.12. The van der Waals surface area contributed by atoms with Crippen LogP contribution in [0, 0.1) is 0 Å². The molecule has 0 aromatic heterocycles. The van der Waals surface area contributed by atoms with Gasteiger partial charge in [-0.15, -0.1) is 0 Å². The average molecular weight is 349 g/mol. The molecule has 0 aromatic rings. The van der Waals surface area contributed by atoms with E-state index in [0.717, 1.165) is 6.54 Å². The van der Waals surface area contributed by atoms with Gasteiger partial charge in [-0.25, -0.2) is 0 Å². The third-order valence-corrected chi connectivity index (χ3v) is 3.56. The fraction of sp³-hybridized carbons (Fsp3) is 1.00. The zero-order valence-electron chi connectivity index (χ0n) is 12.5. The van der Waals surface area contributed by atoms with Crippen molar-refractivity contribution in [2.75, 3.05) is 6.54 Å². The van der Waals surface area contributed by atoms with Gasteiger partial charge < -0.3 is 5.73 Å². The van der Waals surface area contributed by atoms with Gasteiger partial charge in [0.1, 0.15) is 0 Å². The second-order valence-electron chi connectivity index (χ2n) is 5.38. The van der Waals surface area contributed by atoms with Crippen LogP contribution in [0.15, 0.2) is 0 Å². The van der Waals surface area contributed by atoms with Crippen LogP contribution in [-0.4, -0.2) is 6.54 Å². The average Bonchev–Trinajstić information content (AvgIpc) is 2.35. The van der Waals surface area contributed by atoms with Crippen LogP contribution in [0.25, 0.3) is 0 Å². The van der Waals surface area contributed by atoms with Crippen molar-refractivity contribution in [1.82, 2.24) is 0 Å². The summed E-state index contributed by atoms with van der Waals surface area (Å²) < 4.78 is 0. The fourth-order valence-electron chi connectivity index (χ4n) is 2.34. The predicted molar refractivity (Wildman–Crippen MR) is 79.4 cm³/mol. The van der Waals surface area contributed by atoms with E-state index < -0.39 is 0 Å². The molecule has 0 unspecified atom stereocenters. The van der Waals surface area contributed by atoms with E-state index in [2.05, 4.69) is 6.92 Å². The largest absolute Gasteiger partial charge is 0.330 e. The van der Waals surface area contributed by atoms with Gasteiger partial charge in [0.25, 0.3) is 0 Å². The molecule has 18 heavy (non-hydrogen) atoms. The molecule has 0 heterocycles. The molecular weight excluding hydrogens is 314 g/mol. The molecule has 0 aromatic carbocycles. The number of rotatable bonds is 14. The van der Waals surface area contributed by atoms with Gasteiger partial charge >= 0.3 is 0 Å². The van der Waals surface area contributed by atoms with Gasteiger partial charge in [0.15, 0.2) is 0 Å². The van der Waals surface area contributed by atoms with Crippen molar-refractivity contribution in [3.63, 3.8) is 0 Å². The minimum atomic E-state index is 0. The second-order valence-corrected chi connectivity index (χ2v) is 5.38. The van der Waals surface area contributed by atoms with Crippen molar-refractivity contribution in [3.8, 4) is 0 Å². The molecule has 0 rings (SSSR count). The summed E-state index contributed by atoms with van der Waals surface area (Å²) in [7, 11) is 0. The van der Waals surface area contributed by atoms with Crippen molar-refractivity contribution in [3.05, 3.63) is 0 Å². The molecule has 0 aliphatic rings. The first-order valence-electron chi connectivity index (χ1n) is 8.12. The summed E-state index contributed by atoms with van der Waals surface area (Å²) >= 11 is 0. The molecule has 0 bridgehead atoms. The Balaban J connectivity index is 0. The molecule has 0 fully saturated rings. The SMILES string of the molecule is CCCCCCCCCCCCCCCCN.[Ag]. The van der Waals surface area contributed by atoms with E-state index in [9.17, 15) is 0 Å². The summed E-state index contributed by atoms with van der Waals surface area (Å²) in [5.74, 6) is 0. The molecule has 0 spiro atoms. The maximum atomic E-state index is 5.47. The van der Waals surface area contributed by atoms with Gasteiger partial charge in [0.05, 0.1) is 0 Å². The Morgan fingerprint density at radius 1 is 0.500 bits per heavy atom. The maximum absolute atomic E-state index is 5.47. The molecule has 1 nitrogen and oxygen atoms in total. The maximum Gasteiger partial charge on any atom is 0 e. The van der Waals surface area contributed by atoms with Crippen molar-refractivity contribution < 1.29 is 22.4 Å². The van der Waals surface area contributed by atoms with Crippen LogP contribution in [0.1, 0.15) is 96.8 Å². The van der Waals surface area contributed by atoms with E-state index in [1.165, 1.54) is 89.9 Å². The molecule has 0 amide bonds. The zero-order chi connectivity index (χ0) is 12.6. The number of nitrogens with two attached hydrogens (primary N) is 1. The van der Waals surface area contributed by atoms with Gasteiger partial charge in [-0.2, -0.15) is 0 Å². The van der Waals surface area contributed by atoms with Crippen LogP contribution >= 0.6 is 0 Å². The number of unbranched alkanes of at least 4 members (excludes halogenated alkanes) is 13. The Kier molecular flexibility index (Phi) is 23.4. The Labute approximate surface area is 131 Å². The Morgan fingerprint density at radius 2 is 0.778 bits per heavy atom. The minimum absolute atomic E-state index is 0. The topological polar surface area (TPSA) is 26.0 Å². The predicted octanol–water partition coefficient (Wildman–Crippen LogP) is 5.42. The van der Waals surface area contributed by atoms with Crippen molar-refractivity contribution in [2.24, 2.45) is 5.73 Å². The smallest absolute Gasteiger partial charge is 0 e. The quantitative estimate of drug-likeness (QED) is 0.329. The van der Waals surface area contributed by atoms with E-state index in [-0.39, 0.29) is 22.4 Å². The second kappa shape index (κ2) is 20.0. The van der Waals surface area contributed by atoms with E-state index >= 15 is 0 Å². The van der Waals surface area contributed by atoms with Crippen molar-refractivity contribution in [1.29, 1.82) is 0 Å². The van der Waals surface area contributed by atoms with Gasteiger partial charge in [-0.05, 0) is 13.0 Å². The molecular formula is C16H35AgN. The Bertz CT molecular complexity index is 114. The summed E-state index contributed by atoms with van der Waals surface area (Å²) in [6, 6.07) is 0. The summed E-state index contributed by atoms with van der Waals surface area (Å²) in [5, 5.41) is 0. The van der Waals surface area contributed by atoms with Crippen LogP contribution in [0.5, 0.6) is 0 Å². The summed E-state index contributed by atoms with van der Waals surface area (Å²) in [6.45, 7) is 3.16. The third kappa shape index (κ3) is 19.0. The molecule has 0 saturated carbocycles. The van der Waals surface area contributed by atoms with Crippen LogP contribution in [-0.2, 0) is 22.4 Å². The monoisotopic (exact) mass is 348 g/mol. The normalized spacial score (nSPS) is 10.3. The first-order chi connectivity index (χ1) is 8.41. The fourth-order valence-corrected chi connectivity index (χ4v) is 2.34. The molecule has 0 saturated heterocycles. The molecule has 2 N–H and O–H groups in total. The molecule has 0 aliphatic carbocycles. The third-order valence-electron chi connectivity index (χ3n) is 3.56. The van der Waals surface area contributed by atoms with Gasteiger partial charge in [-0.1, -0.05) is 90.4 Å². The molecule has 0 aliphatic heterocycles. The Morgan fingerprint density at radius 3 is 1.06 bits per heavy atom. The minimum Gasteiger partial charge on any atom is -0.330 e. The van der Waals surface area contributed by atoms with Gasteiger partial charge in [-0.3, -0.25) is 0 Å². The zero-order valence-corrected chi connectivity index (χ0v) is 14.0. The van der Waals surface area contributed by atoms with Crippen LogP contribution in [0.4, 0.5) is 0 Å². The molecule has 115 valence electrons. The molecule has 2 heteroatoms. The summed E-state index contributed by atoms with van der Waals surface area (Å²) in [6.07, 6.45) is 19.9. The Hall–Kier alpha value is 0.700. The molecule has 1 radical (unpaired) electrons. The number of hydrogen-bond acceptors (Lipinski definition) is 1. The standard InChI is InChI=1S/C16H35N.Ag/c1-2-3-4-5-6-7-8-9-10-11-12-13-14-15-16-17;/h2-17H2,1H3;. The van der Waals surface area contributed by atoms with E-state index in [1.807, 2.05) is 0 Å². The van der Waals surface area contributed by atoms with E-state index in [4.69, 9.17) is 5.73 Å². The molecule has 0 atom stereocenters. The van der Waals surface area contributed by atoms with Crippen LogP contribution < -0.4 is 5.73 Å². The number of hydrogen-bond donors (Lipinski definition) is 1. The van der Waals surface area contributed by atoms with Gasteiger partial charge in [0.2, 0.25) is 0 Å². The van der Waals surface area contributed by atoms with Gasteiger partial charge in [0, 0.05) is 22.4 Å². The van der Waals surface area contributed by atoms with Crippen LogP contribution in [0.2, 0.25) is 0 Å². The summed E-state index contributed by atoms with van der Waals surface area (Å²) in [5.41, 5.74) is 5.47. The first kappa shape index (κ1) is 21.0. The summed E-state index contributed by atoms with van der Waals surface area (Å²) in [4.78, 5) is 0. The van der Waals surface area contributed by atoms with E-state index in [1.54, 1.807) is 0 Å². The van der Waals surface area contributed by atoms with Crippen molar-refractivity contribution in [2.45, 2.75) is 96.8 Å². The van der Waals surface area contributed by atoms with Crippen molar-refractivity contribution >= 4 is 0 Å². The van der Waals surface area contributed by atoms with Crippen LogP contribution in [0.3, 0.4) is 0 Å². The van der Waals surface area contributed by atoms with E-state index in [0.29, 0.717) is 0 Å².